The minimum Gasteiger partial charge on any atom is -0.329 e. The summed E-state index contributed by atoms with van der Waals surface area (Å²) in [6.45, 7) is -0.493. The van der Waals surface area contributed by atoms with Gasteiger partial charge >= 0.3 is 6.18 Å². The molecule has 3 nitrogen and oxygen atoms in total. The molecule has 0 aliphatic heterocycles. The van der Waals surface area contributed by atoms with Gasteiger partial charge in [0, 0.05) is 18.9 Å². The summed E-state index contributed by atoms with van der Waals surface area (Å²) in [5.74, 6) is -1.70. The van der Waals surface area contributed by atoms with Crippen molar-refractivity contribution in [3.63, 3.8) is 0 Å². The first-order valence-electron chi connectivity index (χ1n) is 4.73. The Morgan fingerprint density at radius 3 is 2.69 bits per heavy atom. The molecule has 2 N–H and O–H groups in total. The average Bonchev–Trinajstić information content (AvgIpc) is 2.59. The first kappa shape index (κ1) is 10.9. The van der Waals surface area contributed by atoms with Crippen LogP contribution >= 0.6 is 0 Å². The Morgan fingerprint density at radius 1 is 1.38 bits per heavy atom. The Morgan fingerprint density at radius 2 is 2.12 bits per heavy atom. The Hall–Kier alpha value is -1.56. The lowest BCUT2D eigenvalue weighted by Crippen LogP contribution is -2.28. The zero-order valence-electron chi connectivity index (χ0n) is 8.28. The highest BCUT2D eigenvalue weighted by atomic mass is 19.4. The van der Waals surface area contributed by atoms with Gasteiger partial charge in [0.15, 0.2) is 0 Å². The molecule has 0 fully saturated rings. The number of hydrogen-bond acceptors (Lipinski definition) is 2. The zero-order chi connectivity index (χ0) is 11.8. The van der Waals surface area contributed by atoms with Crippen molar-refractivity contribution in [1.82, 2.24) is 9.38 Å². The van der Waals surface area contributed by atoms with Crippen LogP contribution in [0.5, 0.6) is 0 Å². The summed E-state index contributed by atoms with van der Waals surface area (Å²) in [4.78, 5) is 3.91. The summed E-state index contributed by atoms with van der Waals surface area (Å²) in [5.41, 5.74) is 5.59. The molecule has 1 unspecified atom stereocenters. The molecule has 0 saturated heterocycles. The molecule has 0 aromatic carbocycles. The van der Waals surface area contributed by atoms with E-state index >= 15 is 0 Å². The molecule has 1 atom stereocenters. The van der Waals surface area contributed by atoms with Crippen LogP contribution in [0.3, 0.4) is 0 Å². The second kappa shape index (κ2) is 3.79. The van der Waals surface area contributed by atoms with Crippen LogP contribution < -0.4 is 5.73 Å². The molecule has 6 heteroatoms. The van der Waals surface area contributed by atoms with Crippen LogP contribution in [0.4, 0.5) is 13.2 Å². The largest absolute Gasteiger partial charge is 0.398 e. The fraction of sp³-hybridized carbons (Fsp3) is 0.300. The topological polar surface area (TPSA) is 43.3 Å². The highest BCUT2D eigenvalue weighted by Gasteiger charge is 2.41. The lowest BCUT2D eigenvalue weighted by Gasteiger charge is -2.15. The number of rotatable bonds is 2. The molecule has 2 aromatic rings. The number of nitrogens with two attached hydrogens (primary N) is 1. The van der Waals surface area contributed by atoms with Crippen LogP contribution in [0.1, 0.15) is 11.6 Å². The standard InChI is InChI=1S/C10H10F3N3/c11-10(12,13)7(5-14)8-6-16-4-2-1-3-9(16)15-8/h1-4,6-7H,5,14H2. The smallest absolute Gasteiger partial charge is 0.329 e. The van der Waals surface area contributed by atoms with E-state index in [-0.39, 0.29) is 5.69 Å². The van der Waals surface area contributed by atoms with Crippen molar-refractivity contribution in [3.05, 3.63) is 36.3 Å². The summed E-state index contributed by atoms with van der Waals surface area (Å²) in [5, 5.41) is 0. The third-order valence-corrected chi connectivity index (χ3v) is 2.37. The van der Waals surface area contributed by atoms with Crippen molar-refractivity contribution in [2.75, 3.05) is 6.54 Å². The average molecular weight is 229 g/mol. The van der Waals surface area contributed by atoms with Gasteiger partial charge in [-0.25, -0.2) is 4.98 Å². The normalized spacial score (nSPS) is 14.2. The van der Waals surface area contributed by atoms with E-state index in [0.29, 0.717) is 5.65 Å². The van der Waals surface area contributed by atoms with Gasteiger partial charge in [-0.05, 0) is 12.1 Å². The van der Waals surface area contributed by atoms with Crippen molar-refractivity contribution in [2.45, 2.75) is 12.1 Å². The Bertz CT molecular complexity index is 456. The molecule has 16 heavy (non-hydrogen) atoms. The number of aromatic nitrogens is 2. The van der Waals surface area contributed by atoms with E-state index < -0.39 is 18.6 Å². The number of imidazole rings is 1. The minimum atomic E-state index is -4.35. The third kappa shape index (κ3) is 1.88. The van der Waals surface area contributed by atoms with E-state index in [1.54, 1.807) is 28.8 Å². The highest BCUT2D eigenvalue weighted by molar-refractivity contribution is 5.40. The summed E-state index contributed by atoms with van der Waals surface area (Å²) >= 11 is 0. The van der Waals surface area contributed by atoms with Gasteiger partial charge in [0.25, 0.3) is 0 Å². The van der Waals surface area contributed by atoms with Crippen LogP contribution in [-0.4, -0.2) is 22.1 Å². The number of hydrogen-bond donors (Lipinski definition) is 1. The second-order valence-electron chi connectivity index (χ2n) is 3.46. The van der Waals surface area contributed by atoms with Crippen LogP contribution in [0.25, 0.3) is 5.65 Å². The van der Waals surface area contributed by atoms with Crippen LogP contribution in [0.15, 0.2) is 30.6 Å². The predicted molar refractivity (Wildman–Crippen MR) is 53.0 cm³/mol. The fourth-order valence-corrected chi connectivity index (χ4v) is 1.54. The van der Waals surface area contributed by atoms with E-state index in [2.05, 4.69) is 4.98 Å². The summed E-state index contributed by atoms with van der Waals surface area (Å²) in [6.07, 6.45) is -1.34. The van der Waals surface area contributed by atoms with Crippen LogP contribution in [-0.2, 0) is 0 Å². The number of halogens is 3. The molecule has 0 saturated carbocycles. The molecule has 0 aliphatic carbocycles. The minimum absolute atomic E-state index is 0.0406. The molecule has 2 rings (SSSR count). The van der Waals surface area contributed by atoms with Crippen LogP contribution in [0.2, 0.25) is 0 Å². The first-order chi connectivity index (χ1) is 7.52. The molecule has 0 spiro atoms. The Balaban J connectivity index is 2.46. The number of pyridine rings is 1. The summed E-state index contributed by atoms with van der Waals surface area (Å²) in [7, 11) is 0. The van der Waals surface area contributed by atoms with Crippen molar-refractivity contribution in [1.29, 1.82) is 0 Å². The van der Waals surface area contributed by atoms with Gasteiger partial charge < -0.3 is 10.1 Å². The highest BCUT2D eigenvalue weighted by Crippen LogP contribution is 2.33. The maximum absolute atomic E-state index is 12.6. The molecule has 0 radical (unpaired) electrons. The molecule has 2 aromatic heterocycles. The molecular weight excluding hydrogens is 219 g/mol. The van der Waals surface area contributed by atoms with Gasteiger partial charge in [-0.3, -0.25) is 0 Å². The van der Waals surface area contributed by atoms with Gasteiger partial charge in [0.1, 0.15) is 11.6 Å². The third-order valence-electron chi connectivity index (χ3n) is 2.37. The van der Waals surface area contributed by atoms with Crippen LogP contribution in [0, 0.1) is 0 Å². The maximum Gasteiger partial charge on any atom is 0.398 e. The van der Waals surface area contributed by atoms with E-state index in [1.807, 2.05) is 0 Å². The van der Waals surface area contributed by atoms with Gasteiger partial charge in [-0.15, -0.1) is 0 Å². The molecule has 0 bridgehead atoms. The zero-order valence-corrected chi connectivity index (χ0v) is 8.28. The van der Waals surface area contributed by atoms with E-state index in [4.69, 9.17) is 5.73 Å². The predicted octanol–water partition coefficient (Wildman–Crippen LogP) is 1.94. The van der Waals surface area contributed by atoms with Gasteiger partial charge in [0.2, 0.25) is 0 Å². The molecule has 86 valence electrons. The number of nitrogens with zero attached hydrogens (tertiary/aromatic N) is 2. The molecule has 0 aliphatic rings. The molecular formula is C10H10F3N3. The summed E-state index contributed by atoms with van der Waals surface area (Å²) in [6, 6.07) is 5.09. The molecule has 2 heterocycles. The van der Waals surface area contributed by atoms with E-state index in [9.17, 15) is 13.2 Å². The fourth-order valence-electron chi connectivity index (χ4n) is 1.54. The SMILES string of the molecule is NCC(c1cn2ccccc2n1)C(F)(F)F. The van der Waals surface area contributed by atoms with Gasteiger partial charge in [0.05, 0.1) is 5.69 Å². The van der Waals surface area contributed by atoms with Gasteiger partial charge in [-0.2, -0.15) is 13.2 Å². The first-order valence-corrected chi connectivity index (χ1v) is 4.73. The lowest BCUT2D eigenvalue weighted by atomic mass is 10.1. The van der Waals surface area contributed by atoms with Crippen molar-refractivity contribution in [2.24, 2.45) is 5.73 Å². The maximum atomic E-state index is 12.6. The number of alkyl halides is 3. The molecule has 0 amide bonds. The number of fused-ring (bicyclic) bond motifs is 1. The second-order valence-corrected chi connectivity index (χ2v) is 3.46. The monoisotopic (exact) mass is 229 g/mol. The van der Waals surface area contributed by atoms with Crippen molar-refractivity contribution in [3.8, 4) is 0 Å². The summed E-state index contributed by atoms with van der Waals surface area (Å²) < 4.78 is 39.4. The van der Waals surface area contributed by atoms with E-state index in [1.165, 1.54) is 6.20 Å². The quantitative estimate of drug-likeness (QED) is 0.855. The van der Waals surface area contributed by atoms with Crippen molar-refractivity contribution < 1.29 is 13.2 Å². The van der Waals surface area contributed by atoms with Crippen molar-refractivity contribution >= 4 is 5.65 Å². The van der Waals surface area contributed by atoms with Gasteiger partial charge in [-0.1, -0.05) is 6.07 Å². The Labute approximate surface area is 89.7 Å². The lowest BCUT2D eigenvalue weighted by molar-refractivity contribution is -0.148. The van der Waals surface area contributed by atoms with E-state index in [0.717, 1.165) is 0 Å². The Kier molecular flexibility index (Phi) is 2.59.